The van der Waals surface area contributed by atoms with E-state index in [9.17, 15) is 0 Å². The van der Waals surface area contributed by atoms with Gasteiger partial charge in [-0.15, -0.1) is 0 Å². The molecule has 2 heterocycles. The van der Waals surface area contributed by atoms with Crippen molar-refractivity contribution in [1.29, 1.82) is 0 Å². The minimum atomic E-state index is 0.149. The molecule has 0 amide bonds. The van der Waals surface area contributed by atoms with E-state index in [4.69, 9.17) is 4.98 Å². The maximum absolute atomic E-state index is 4.74. The van der Waals surface area contributed by atoms with Gasteiger partial charge in [-0.1, -0.05) is 13.3 Å². The average molecular weight is 296 g/mol. The fourth-order valence-electron chi connectivity index (χ4n) is 2.86. The van der Waals surface area contributed by atoms with Crippen molar-refractivity contribution in [2.45, 2.75) is 58.4 Å². The number of nitrogens with one attached hydrogen (secondary N) is 1. The zero-order valence-electron chi connectivity index (χ0n) is 13.6. The molecule has 1 saturated carbocycles. The second kappa shape index (κ2) is 6.42. The van der Waals surface area contributed by atoms with Crippen LogP contribution in [0.15, 0.2) is 24.4 Å². The molecule has 1 fully saturated rings. The highest BCUT2D eigenvalue weighted by Gasteiger charge is 2.22. The van der Waals surface area contributed by atoms with Crippen molar-refractivity contribution in [3.63, 3.8) is 0 Å². The Balaban J connectivity index is 1.82. The van der Waals surface area contributed by atoms with Crippen molar-refractivity contribution < 1.29 is 0 Å². The molecular weight excluding hydrogens is 272 g/mol. The van der Waals surface area contributed by atoms with E-state index in [1.165, 1.54) is 30.5 Å². The van der Waals surface area contributed by atoms with Crippen LogP contribution in [0.25, 0.3) is 0 Å². The molecule has 0 aliphatic heterocycles. The van der Waals surface area contributed by atoms with Gasteiger partial charge in [0.2, 0.25) is 5.95 Å². The molecule has 22 heavy (non-hydrogen) atoms. The van der Waals surface area contributed by atoms with Crippen LogP contribution in [-0.4, -0.2) is 15.0 Å². The highest BCUT2D eigenvalue weighted by Crippen LogP contribution is 2.35. The fraction of sp³-hybridized carbons (Fsp3) is 0.500. The number of anilines is 1. The van der Waals surface area contributed by atoms with Gasteiger partial charge in [0.15, 0.2) is 0 Å². The average Bonchev–Trinajstić information content (AvgIpc) is 2.42. The summed E-state index contributed by atoms with van der Waals surface area (Å²) in [5, 5.41) is 3.47. The molecule has 1 atom stereocenters. The molecule has 4 nitrogen and oxygen atoms in total. The van der Waals surface area contributed by atoms with Crippen LogP contribution in [0.4, 0.5) is 5.95 Å². The van der Waals surface area contributed by atoms with E-state index in [0.717, 1.165) is 23.8 Å². The quantitative estimate of drug-likeness (QED) is 0.892. The Bertz CT molecular complexity index is 649. The second-order valence-corrected chi connectivity index (χ2v) is 6.25. The number of hydrogen-bond donors (Lipinski definition) is 1. The molecule has 1 aliphatic carbocycles. The van der Waals surface area contributed by atoms with Gasteiger partial charge in [-0.2, -0.15) is 0 Å². The summed E-state index contributed by atoms with van der Waals surface area (Å²) in [6.07, 6.45) is 6.65. The van der Waals surface area contributed by atoms with Crippen LogP contribution >= 0.6 is 0 Å². The zero-order valence-corrected chi connectivity index (χ0v) is 13.6. The van der Waals surface area contributed by atoms with E-state index in [2.05, 4.69) is 41.3 Å². The van der Waals surface area contributed by atoms with Crippen molar-refractivity contribution in [3.05, 3.63) is 47.0 Å². The SMILES string of the molecule is CC[C@@H](Nc1nc(C)cc(C2CCC2)n1)c1cc(C)ccn1. The normalized spacial score (nSPS) is 16.1. The molecule has 1 aliphatic rings. The number of aryl methyl sites for hydroxylation is 2. The third kappa shape index (κ3) is 3.26. The number of hydrogen-bond acceptors (Lipinski definition) is 4. The lowest BCUT2D eigenvalue weighted by molar-refractivity contribution is 0.410. The first kappa shape index (κ1) is 14.9. The molecule has 2 aromatic heterocycles. The van der Waals surface area contributed by atoms with E-state index in [1.807, 2.05) is 19.2 Å². The Morgan fingerprint density at radius 1 is 1.23 bits per heavy atom. The zero-order chi connectivity index (χ0) is 15.5. The summed E-state index contributed by atoms with van der Waals surface area (Å²) in [6, 6.07) is 6.43. The molecule has 0 aromatic carbocycles. The maximum Gasteiger partial charge on any atom is 0.223 e. The van der Waals surface area contributed by atoms with Gasteiger partial charge in [-0.05, 0) is 56.9 Å². The van der Waals surface area contributed by atoms with Gasteiger partial charge in [0.05, 0.1) is 11.7 Å². The lowest BCUT2D eigenvalue weighted by atomic mass is 9.83. The summed E-state index contributed by atoms with van der Waals surface area (Å²) in [5.41, 5.74) is 4.50. The van der Waals surface area contributed by atoms with Crippen LogP contribution in [-0.2, 0) is 0 Å². The predicted octanol–water partition coefficient (Wildman–Crippen LogP) is 4.32. The Kier molecular flexibility index (Phi) is 4.36. The number of rotatable bonds is 5. The largest absolute Gasteiger partial charge is 0.346 e. The topological polar surface area (TPSA) is 50.7 Å². The minimum Gasteiger partial charge on any atom is -0.346 e. The molecule has 0 radical (unpaired) electrons. The lowest BCUT2D eigenvalue weighted by Crippen LogP contribution is -2.17. The fourth-order valence-corrected chi connectivity index (χ4v) is 2.86. The van der Waals surface area contributed by atoms with Crippen molar-refractivity contribution >= 4 is 5.95 Å². The molecule has 0 saturated heterocycles. The van der Waals surface area contributed by atoms with Gasteiger partial charge in [0.25, 0.3) is 0 Å². The summed E-state index contributed by atoms with van der Waals surface area (Å²) in [4.78, 5) is 13.8. The molecule has 0 spiro atoms. The van der Waals surface area contributed by atoms with Crippen LogP contribution in [0.3, 0.4) is 0 Å². The smallest absolute Gasteiger partial charge is 0.223 e. The monoisotopic (exact) mass is 296 g/mol. The Labute approximate surface area is 132 Å². The van der Waals surface area contributed by atoms with Gasteiger partial charge >= 0.3 is 0 Å². The van der Waals surface area contributed by atoms with Crippen LogP contribution in [0.1, 0.15) is 67.2 Å². The molecule has 2 aromatic rings. The first-order valence-electron chi connectivity index (χ1n) is 8.20. The van der Waals surface area contributed by atoms with E-state index >= 15 is 0 Å². The van der Waals surface area contributed by atoms with Crippen LogP contribution in [0, 0.1) is 13.8 Å². The third-order valence-electron chi connectivity index (χ3n) is 4.40. The first-order valence-corrected chi connectivity index (χ1v) is 8.20. The molecule has 4 heteroatoms. The molecule has 3 rings (SSSR count). The Morgan fingerprint density at radius 2 is 2.05 bits per heavy atom. The van der Waals surface area contributed by atoms with E-state index in [-0.39, 0.29) is 6.04 Å². The van der Waals surface area contributed by atoms with Crippen molar-refractivity contribution in [2.75, 3.05) is 5.32 Å². The maximum atomic E-state index is 4.74. The summed E-state index contributed by atoms with van der Waals surface area (Å²) in [7, 11) is 0. The van der Waals surface area contributed by atoms with Crippen LogP contribution in [0.2, 0.25) is 0 Å². The Morgan fingerprint density at radius 3 is 2.68 bits per heavy atom. The molecule has 0 unspecified atom stereocenters. The molecular formula is C18H24N4. The standard InChI is InChI=1S/C18H24N4/c1-4-15(17-10-12(2)8-9-19-17)21-18-20-13(3)11-16(22-18)14-6-5-7-14/h8-11,14-15H,4-7H2,1-3H3,(H,20,21,22)/t15-/m1/s1. The first-order chi connectivity index (χ1) is 10.7. The lowest BCUT2D eigenvalue weighted by Gasteiger charge is -2.25. The summed E-state index contributed by atoms with van der Waals surface area (Å²) >= 11 is 0. The summed E-state index contributed by atoms with van der Waals surface area (Å²) in [6.45, 7) is 6.29. The van der Waals surface area contributed by atoms with Crippen molar-refractivity contribution in [2.24, 2.45) is 0 Å². The van der Waals surface area contributed by atoms with Gasteiger partial charge < -0.3 is 5.32 Å². The predicted molar refractivity (Wildman–Crippen MR) is 89.0 cm³/mol. The highest BCUT2D eigenvalue weighted by atomic mass is 15.1. The van der Waals surface area contributed by atoms with Crippen LogP contribution < -0.4 is 5.32 Å². The van der Waals surface area contributed by atoms with Gasteiger partial charge in [0.1, 0.15) is 0 Å². The van der Waals surface area contributed by atoms with E-state index < -0.39 is 0 Å². The molecule has 1 N–H and O–H groups in total. The molecule has 116 valence electrons. The van der Waals surface area contributed by atoms with Crippen molar-refractivity contribution in [3.8, 4) is 0 Å². The second-order valence-electron chi connectivity index (χ2n) is 6.25. The highest BCUT2D eigenvalue weighted by molar-refractivity contribution is 5.33. The number of nitrogens with zero attached hydrogens (tertiary/aromatic N) is 3. The summed E-state index contributed by atoms with van der Waals surface area (Å²) < 4.78 is 0. The van der Waals surface area contributed by atoms with Crippen LogP contribution in [0.5, 0.6) is 0 Å². The Hall–Kier alpha value is -1.97. The number of aromatic nitrogens is 3. The minimum absolute atomic E-state index is 0.149. The van der Waals surface area contributed by atoms with Crippen molar-refractivity contribution in [1.82, 2.24) is 15.0 Å². The van der Waals surface area contributed by atoms with Gasteiger partial charge in [-0.25, -0.2) is 9.97 Å². The third-order valence-corrected chi connectivity index (χ3v) is 4.40. The molecule has 0 bridgehead atoms. The van der Waals surface area contributed by atoms with E-state index in [1.54, 1.807) is 0 Å². The van der Waals surface area contributed by atoms with Gasteiger partial charge in [-0.3, -0.25) is 4.98 Å². The van der Waals surface area contributed by atoms with Gasteiger partial charge in [0, 0.05) is 23.5 Å². The summed E-state index contributed by atoms with van der Waals surface area (Å²) in [5.74, 6) is 1.36. The van der Waals surface area contributed by atoms with E-state index in [0.29, 0.717) is 5.92 Å². The number of pyridine rings is 1.